The van der Waals surface area contributed by atoms with Gasteiger partial charge < -0.3 is 9.80 Å². The first-order valence-corrected chi connectivity index (χ1v) is 6.43. The predicted octanol–water partition coefficient (Wildman–Crippen LogP) is 2.26. The van der Waals surface area contributed by atoms with Gasteiger partial charge in [-0.3, -0.25) is 0 Å². The Hall–Kier alpha value is -0.410. The lowest BCUT2D eigenvalue weighted by atomic mass is 10.2. The highest BCUT2D eigenvalue weighted by molar-refractivity contribution is 5.85. The van der Waals surface area contributed by atoms with Gasteiger partial charge >= 0.3 is 0 Å². The Morgan fingerprint density at radius 1 is 1.00 bits per heavy atom. The molecule has 0 rings (SSSR count). The third-order valence-corrected chi connectivity index (χ3v) is 2.45. The summed E-state index contributed by atoms with van der Waals surface area (Å²) in [6, 6.07) is 3.16. The summed E-state index contributed by atoms with van der Waals surface area (Å²) in [4.78, 5) is 12.8. The van der Waals surface area contributed by atoms with Crippen molar-refractivity contribution < 1.29 is 0 Å². The van der Waals surface area contributed by atoms with E-state index in [-0.39, 0.29) is 12.4 Å². The van der Waals surface area contributed by atoms with E-state index in [0.29, 0.717) is 6.04 Å². The normalized spacial score (nSPS) is 11.9. The van der Waals surface area contributed by atoms with E-state index in [2.05, 4.69) is 60.9 Å². The maximum atomic E-state index is 4.29. The molecule has 0 saturated carbocycles. The van der Waals surface area contributed by atoms with Crippen LogP contribution < -0.4 is 0 Å². The lowest BCUT2D eigenvalue weighted by Crippen LogP contribution is -2.14. The molecule has 1 atom stereocenters. The lowest BCUT2D eigenvalue weighted by molar-refractivity contribution is 0.388. The Morgan fingerprint density at radius 2 is 1.56 bits per heavy atom. The average Bonchev–Trinajstić information content (AvgIpc) is 2.22. The number of halogens is 1. The topological polar surface area (TPSA) is 31.2 Å². The van der Waals surface area contributed by atoms with Gasteiger partial charge in [-0.05, 0) is 67.5 Å². The monoisotopic (exact) mass is 276 g/mol. The Kier molecular flexibility index (Phi) is 14.4. The summed E-state index contributed by atoms with van der Waals surface area (Å²) in [5.41, 5.74) is 0. The van der Waals surface area contributed by atoms with Crippen LogP contribution in [-0.2, 0) is 0 Å². The molecule has 18 heavy (non-hydrogen) atoms. The van der Waals surface area contributed by atoms with E-state index in [1.165, 1.54) is 6.42 Å². The molecule has 0 aliphatic heterocycles. The van der Waals surface area contributed by atoms with E-state index in [4.69, 9.17) is 0 Å². The molecule has 0 N–H and O–H groups in total. The fourth-order valence-corrected chi connectivity index (χ4v) is 1.42. The van der Waals surface area contributed by atoms with Crippen molar-refractivity contribution in [2.75, 3.05) is 47.8 Å². The molecule has 4 nitrogen and oxygen atoms in total. The average molecular weight is 277 g/mol. The zero-order valence-corrected chi connectivity index (χ0v) is 13.3. The molecular weight excluding hydrogens is 248 g/mol. The highest BCUT2D eigenvalue weighted by Gasteiger charge is 1.98. The zero-order valence-electron chi connectivity index (χ0n) is 12.5. The molecule has 1 unspecified atom stereocenters. The van der Waals surface area contributed by atoms with Gasteiger partial charge in [-0.15, -0.1) is 12.4 Å². The molecule has 5 heteroatoms. The van der Waals surface area contributed by atoms with Gasteiger partial charge in [-0.1, -0.05) is 0 Å². The van der Waals surface area contributed by atoms with Crippen molar-refractivity contribution in [3.63, 3.8) is 0 Å². The van der Waals surface area contributed by atoms with Crippen LogP contribution in [0.1, 0.15) is 26.2 Å². The molecule has 0 aliphatic carbocycles. The molecule has 0 radical (unpaired) electrons. The quantitative estimate of drug-likeness (QED) is 0.478. The van der Waals surface area contributed by atoms with Gasteiger partial charge in [0, 0.05) is 0 Å². The summed E-state index contributed by atoms with van der Waals surface area (Å²) < 4.78 is 0. The molecule has 0 aromatic carbocycles. The Bertz CT molecular complexity index is 235. The summed E-state index contributed by atoms with van der Waals surface area (Å²) >= 11 is 0. The van der Waals surface area contributed by atoms with Crippen LogP contribution in [0.25, 0.3) is 0 Å². The number of hydrogen-bond donors (Lipinski definition) is 0. The van der Waals surface area contributed by atoms with Gasteiger partial charge in [0.2, 0.25) is 0 Å². The van der Waals surface area contributed by atoms with Crippen molar-refractivity contribution in [3.8, 4) is 0 Å². The molecule has 0 spiro atoms. The third kappa shape index (κ3) is 15.6. The second-order valence-electron chi connectivity index (χ2n) is 5.06. The minimum atomic E-state index is 0. The van der Waals surface area contributed by atoms with Crippen molar-refractivity contribution in [2.24, 2.45) is 9.98 Å². The zero-order chi connectivity index (χ0) is 13.1. The first-order chi connectivity index (χ1) is 8.02. The maximum Gasteiger partial charge on any atom is 0.0895 e. The van der Waals surface area contributed by atoms with Gasteiger partial charge in [0.15, 0.2) is 0 Å². The fraction of sp³-hybridized carbons (Fsp3) is 0.923. The Labute approximate surface area is 119 Å². The Morgan fingerprint density at radius 3 is 2.11 bits per heavy atom. The van der Waals surface area contributed by atoms with E-state index in [1.807, 2.05) is 0 Å². The van der Waals surface area contributed by atoms with Crippen LogP contribution in [0.3, 0.4) is 0 Å². The first-order valence-electron chi connectivity index (χ1n) is 6.43. The smallest absolute Gasteiger partial charge is 0.0895 e. The molecule has 0 aromatic rings. The fourth-order valence-electron chi connectivity index (χ4n) is 1.42. The summed E-state index contributed by atoms with van der Waals surface area (Å²) in [5.74, 6) is 0. The van der Waals surface area contributed by atoms with Crippen LogP contribution >= 0.6 is 12.4 Å². The molecule has 108 valence electrons. The van der Waals surface area contributed by atoms with Crippen LogP contribution in [0.15, 0.2) is 9.98 Å². The molecule has 0 heterocycles. The number of aliphatic imine (C=N–C) groups is 2. The number of hydrogen-bond acceptors (Lipinski definition) is 4. The summed E-state index contributed by atoms with van der Waals surface area (Å²) in [6.45, 7) is 5.15. The molecule has 0 amide bonds. The highest BCUT2D eigenvalue weighted by atomic mass is 35.5. The second kappa shape index (κ2) is 13.0. The van der Waals surface area contributed by atoms with E-state index in [0.717, 1.165) is 32.5 Å². The van der Waals surface area contributed by atoms with E-state index >= 15 is 0 Å². The van der Waals surface area contributed by atoms with Crippen LogP contribution in [0.5, 0.6) is 0 Å². The van der Waals surface area contributed by atoms with E-state index in [9.17, 15) is 0 Å². The van der Waals surface area contributed by atoms with Gasteiger partial charge in [-0.2, -0.15) is 0 Å². The standard InChI is InChI=1S/C13H28N4.ClH/c1-13(8-6-10-16(2)3)15-12-14-9-7-11-17(4)5;/h13H,6-11H2,1-5H3;1H. The number of nitrogens with zero attached hydrogens (tertiary/aromatic N) is 4. The second-order valence-corrected chi connectivity index (χ2v) is 5.06. The summed E-state index contributed by atoms with van der Waals surface area (Å²) in [5, 5.41) is 0. The maximum absolute atomic E-state index is 4.29. The van der Waals surface area contributed by atoms with Gasteiger partial charge in [0.25, 0.3) is 0 Å². The minimum Gasteiger partial charge on any atom is -0.309 e. The summed E-state index contributed by atoms with van der Waals surface area (Å²) in [6.07, 6.45) is 3.36. The lowest BCUT2D eigenvalue weighted by Gasteiger charge is -2.09. The molecule has 0 aliphatic rings. The first kappa shape index (κ1) is 19.9. The SMILES string of the molecule is CC(CCCN(C)C)N=C=NCCCN(C)C.Cl. The van der Waals surface area contributed by atoms with Gasteiger partial charge in [0.1, 0.15) is 0 Å². The molecule has 0 fully saturated rings. The van der Waals surface area contributed by atoms with Gasteiger partial charge in [-0.25, -0.2) is 9.98 Å². The predicted molar refractivity (Wildman–Crippen MR) is 82.4 cm³/mol. The Balaban J connectivity index is 0. The van der Waals surface area contributed by atoms with Crippen molar-refractivity contribution >= 4 is 18.4 Å². The minimum absolute atomic E-state index is 0. The van der Waals surface area contributed by atoms with Crippen molar-refractivity contribution in [1.82, 2.24) is 9.80 Å². The van der Waals surface area contributed by atoms with Crippen molar-refractivity contribution in [1.29, 1.82) is 0 Å². The van der Waals surface area contributed by atoms with Crippen LogP contribution in [0.2, 0.25) is 0 Å². The van der Waals surface area contributed by atoms with Crippen LogP contribution in [-0.4, -0.2) is 69.7 Å². The summed E-state index contributed by atoms with van der Waals surface area (Å²) in [7, 11) is 8.34. The molecule has 0 saturated heterocycles. The highest BCUT2D eigenvalue weighted by Crippen LogP contribution is 2.00. The van der Waals surface area contributed by atoms with Crippen molar-refractivity contribution in [3.05, 3.63) is 0 Å². The third-order valence-electron chi connectivity index (χ3n) is 2.45. The van der Waals surface area contributed by atoms with E-state index in [1.54, 1.807) is 0 Å². The molecule has 0 bridgehead atoms. The van der Waals surface area contributed by atoms with Crippen molar-refractivity contribution in [2.45, 2.75) is 32.2 Å². The molecule has 0 aromatic heterocycles. The van der Waals surface area contributed by atoms with Gasteiger partial charge in [0.05, 0.1) is 18.6 Å². The largest absolute Gasteiger partial charge is 0.309 e. The van der Waals surface area contributed by atoms with E-state index < -0.39 is 0 Å². The van der Waals surface area contributed by atoms with Crippen LogP contribution in [0, 0.1) is 0 Å². The number of rotatable bonds is 9. The molecular formula is C13H29ClN4. The van der Waals surface area contributed by atoms with Crippen LogP contribution in [0.4, 0.5) is 0 Å².